The lowest BCUT2D eigenvalue weighted by atomic mass is 10.1. The third-order valence-corrected chi connectivity index (χ3v) is 4.17. The van der Waals surface area contributed by atoms with E-state index in [1.165, 1.54) is 36.4 Å². The zero-order chi connectivity index (χ0) is 19.4. The van der Waals surface area contributed by atoms with Crippen molar-refractivity contribution in [3.05, 3.63) is 87.9 Å². The molecule has 0 bridgehead atoms. The molecule has 0 fully saturated rings. The number of aromatic carboxylic acids is 1. The number of carbonyl (C=O) groups is 2. The summed E-state index contributed by atoms with van der Waals surface area (Å²) >= 11 is 11.9. The molecule has 0 heterocycles. The van der Waals surface area contributed by atoms with Crippen LogP contribution in [0.15, 0.2) is 66.7 Å². The fourth-order valence-electron chi connectivity index (χ4n) is 2.36. The Balaban J connectivity index is 1.91. The van der Waals surface area contributed by atoms with Crippen molar-refractivity contribution in [1.29, 1.82) is 0 Å². The second-order valence-electron chi connectivity index (χ2n) is 5.51. The maximum Gasteiger partial charge on any atom is 0.337 e. The third kappa shape index (κ3) is 4.58. The first-order chi connectivity index (χ1) is 12.9. The van der Waals surface area contributed by atoms with E-state index in [-0.39, 0.29) is 21.8 Å². The average molecular weight is 402 g/mol. The molecule has 136 valence electrons. The van der Waals surface area contributed by atoms with Crippen molar-refractivity contribution in [1.82, 2.24) is 0 Å². The number of carbonyl (C=O) groups excluding carboxylic acids is 1. The number of carboxylic acid groups (broad SMARTS) is 1. The quantitative estimate of drug-likeness (QED) is 0.571. The SMILES string of the molecule is O=C(Nc1cc(Oc2ccccc2)ccc1C(=O)O)c1ccc(Cl)cc1Cl. The summed E-state index contributed by atoms with van der Waals surface area (Å²) < 4.78 is 5.69. The molecule has 1 amide bonds. The van der Waals surface area contributed by atoms with Gasteiger partial charge in [-0.25, -0.2) is 4.79 Å². The van der Waals surface area contributed by atoms with Crippen molar-refractivity contribution in [2.45, 2.75) is 0 Å². The maximum atomic E-state index is 12.5. The Morgan fingerprint density at radius 2 is 1.56 bits per heavy atom. The number of hydrogen-bond donors (Lipinski definition) is 2. The van der Waals surface area contributed by atoms with Gasteiger partial charge in [0.25, 0.3) is 5.91 Å². The summed E-state index contributed by atoms with van der Waals surface area (Å²) in [6.07, 6.45) is 0. The Labute approximate surface area is 165 Å². The van der Waals surface area contributed by atoms with Gasteiger partial charge in [-0.1, -0.05) is 41.4 Å². The van der Waals surface area contributed by atoms with Crippen LogP contribution in [0.2, 0.25) is 10.0 Å². The zero-order valence-corrected chi connectivity index (χ0v) is 15.3. The summed E-state index contributed by atoms with van der Waals surface area (Å²) in [7, 11) is 0. The van der Waals surface area contributed by atoms with E-state index in [2.05, 4.69) is 5.32 Å². The number of rotatable bonds is 5. The molecule has 7 heteroatoms. The summed E-state index contributed by atoms with van der Waals surface area (Å²) in [4.78, 5) is 24.0. The van der Waals surface area contributed by atoms with Crippen LogP contribution >= 0.6 is 23.2 Å². The van der Waals surface area contributed by atoms with Crippen molar-refractivity contribution in [2.75, 3.05) is 5.32 Å². The first-order valence-electron chi connectivity index (χ1n) is 7.80. The fraction of sp³-hybridized carbons (Fsp3) is 0. The second kappa shape index (κ2) is 8.12. The van der Waals surface area contributed by atoms with Crippen LogP contribution in [0.4, 0.5) is 5.69 Å². The molecule has 3 aromatic carbocycles. The lowest BCUT2D eigenvalue weighted by Gasteiger charge is -2.12. The molecule has 0 aliphatic heterocycles. The molecule has 0 radical (unpaired) electrons. The number of carboxylic acids is 1. The van der Waals surface area contributed by atoms with Gasteiger partial charge in [0.15, 0.2) is 0 Å². The number of para-hydroxylation sites is 1. The minimum Gasteiger partial charge on any atom is -0.478 e. The molecule has 0 aromatic heterocycles. The predicted octanol–water partition coefficient (Wildman–Crippen LogP) is 5.74. The smallest absolute Gasteiger partial charge is 0.337 e. The van der Waals surface area contributed by atoms with Crippen LogP contribution in [0, 0.1) is 0 Å². The Hall–Kier alpha value is -3.02. The van der Waals surface area contributed by atoms with E-state index in [0.717, 1.165) is 0 Å². The van der Waals surface area contributed by atoms with Crippen molar-refractivity contribution in [3.8, 4) is 11.5 Å². The summed E-state index contributed by atoms with van der Waals surface area (Å²) in [5.74, 6) is -0.780. The van der Waals surface area contributed by atoms with Crippen LogP contribution in [0.1, 0.15) is 20.7 Å². The highest BCUT2D eigenvalue weighted by atomic mass is 35.5. The highest BCUT2D eigenvalue weighted by Crippen LogP contribution is 2.28. The fourth-order valence-corrected chi connectivity index (χ4v) is 2.86. The highest BCUT2D eigenvalue weighted by molar-refractivity contribution is 6.37. The molecular weight excluding hydrogens is 389 g/mol. The zero-order valence-electron chi connectivity index (χ0n) is 13.8. The van der Waals surface area contributed by atoms with E-state index in [1.54, 1.807) is 12.1 Å². The van der Waals surface area contributed by atoms with E-state index in [9.17, 15) is 14.7 Å². The number of amides is 1. The number of benzene rings is 3. The molecule has 0 atom stereocenters. The Morgan fingerprint density at radius 1 is 0.852 bits per heavy atom. The van der Waals surface area contributed by atoms with E-state index in [0.29, 0.717) is 16.5 Å². The molecule has 5 nitrogen and oxygen atoms in total. The van der Waals surface area contributed by atoms with Crippen LogP contribution in [0.5, 0.6) is 11.5 Å². The molecule has 0 unspecified atom stereocenters. The van der Waals surface area contributed by atoms with Gasteiger partial charge in [0.2, 0.25) is 0 Å². The standard InChI is InChI=1S/C20H13Cl2NO4/c21-12-6-8-15(17(22)10-12)19(24)23-18-11-14(7-9-16(18)20(25)26)27-13-4-2-1-3-5-13/h1-11H,(H,23,24)(H,25,26). The van der Waals surface area contributed by atoms with Crippen molar-refractivity contribution in [3.63, 3.8) is 0 Å². The highest BCUT2D eigenvalue weighted by Gasteiger charge is 2.17. The maximum absolute atomic E-state index is 12.5. The van der Waals surface area contributed by atoms with E-state index in [1.807, 2.05) is 18.2 Å². The van der Waals surface area contributed by atoms with Gasteiger partial charge in [0, 0.05) is 11.1 Å². The molecule has 3 aromatic rings. The second-order valence-corrected chi connectivity index (χ2v) is 6.35. The molecular formula is C20H13Cl2NO4. The Morgan fingerprint density at radius 3 is 2.22 bits per heavy atom. The predicted molar refractivity (Wildman–Crippen MR) is 104 cm³/mol. The summed E-state index contributed by atoms with van der Waals surface area (Å²) in [6, 6.07) is 17.7. The Kier molecular flexibility index (Phi) is 5.64. The number of halogens is 2. The molecule has 3 rings (SSSR count). The number of hydrogen-bond acceptors (Lipinski definition) is 3. The molecule has 0 saturated heterocycles. The van der Waals surface area contributed by atoms with Gasteiger partial charge in [-0.15, -0.1) is 0 Å². The minimum absolute atomic E-state index is 0.0751. The van der Waals surface area contributed by atoms with Crippen molar-refractivity contribution >= 4 is 40.8 Å². The van der Waals surface area contributed by atoms with Crippen LogP contribution in [-0.2, 0) is 0 Å². The topological polar surface area (TPSA) is 75.6 Å². The van der Waals surface area contributed by atoms with E-state index >= 15 is 0 Å². The van der Waals surface area contributed by atoms with Gasteiger partial charge in [-0.2, -0.15) is 0 Å². The van der Waals surface area contributed by atoms with Crippen LogP contribution in [0.3, 0.4) is 0 Å². The van der Waals surface area contributed by atoms with Gasteiger partial charge < -0.3 is 15.2 Å². The number of nitrogens with one attached hydrogen (secondary N) is 1. The molecule has 0 spiro atoms. The van der Waals surface area contributed by atoms with Gasteiger partial charge in [-0.3, -0.25) is 4.79 Å². The number of ether oxygens (including phenoxy) is 1. The molecule has 2 N–H and O–H groups in total. The average Bonchev–Trinajstić information content (AvgIpc) is 2.62. The van der Waals surface area contributed by atoms with Crippen LogP contribution in [0.25, 0.3) is 0 Å². The first-order valence-corrected chi connectivity index (χ1v) is 8.56. The summed E-state index contributed by atoms with van der Waals surface area (Å²) in [5.41, 5.74) is 0.188. The summed E-state index contributed by atoms with van der Waals surface area (Å²) in [5, 5.41) is 12.5. The molecule has 0 saturated carbocycles. The van der Waals surface area contributed by atoms with Gasteiger partial charge >= 0.3 is 5.97 Å². The van der Waals surface area contributed by atoms with Gasteiger partial charge in [0.05, 0.1) is 21.8 Å². The first kappa shape index (κ1) is 18.8. The molecule has 0 aliphatic carbocycles. The van der Waals surface area contributed by atoms with Gasteiger partial charge in [-0.05, 0) is 42.5 Å². The van der Waals surface area contributed by atoms with Crippen molar-refractivity contribution in [2.24, 2.45) is 0 Å². The Bertz CT molecular complexity index is 1010. The minimum atomic E-state index is -1.18. The largest absolute Gasteiger partial charge is 0.478 e. The lowest BCUT2D eigenvalue weighted by molar-refractivity contribution is 0.0698. The van der Waals surface area contributed by atoms with Gasteiger partial charge in [0.1, 0.15) is 11.5 Å². The van der Waals surface area contributed by atoms with E-state index < -0.39 is 11.9 Å². The van der Waals surface area contributed by atoms with Crippen LogP contribution < -0.4 is 10.1 Å². The molecule has 0 aliphatic rings. The normalized spacial score (nSPS) is 10.3. The lowest BCUT2D eigenvalue weighted by Crippen LogP contribution is -2.15. The summed E-state index contributed by atoms with van der Waals surface area (Å²) in [6.45, 7) is 0. The third-order valence-electron chi connectivity index (χ3n) is 3.62. The number of anilines is 1. The van der Waals surface area contributed by atoms with Crippen LogP contribution in [-0.4, -0.2) is 17.0 Å². The molecule has 27 heavy (non-hydrogen) atoms. The van der Waals surface area contributed by atoms with Crippen molar-refractivity contribution < 1.29 is 19.4 Å². The monoisotopic (exact) mass is 401 g/mol. The van der Waals surface area contributed by atoms with E-state index in [4.69, 9.17) is 27.9 Å².